The lowest BCUT2D eigenvalue weighted by molar-refractivity contribution is -0.136. The first-order chi connectivity index (χ1) is 9.07. The maximum atomic E-state index is 10.9. The van der Waals surface area contributed by atoms with Crippen molar-refractivity contribution in [1.29, 1.82) is 0 Å². The molecule has 0 aromatic rings. The molecule has 0 bridgehead atoms. The van der Waals surface area contributed by atoms with Gasteiger partial charge in [-0.1, -0.05) is 57.9 Å². The maximum absolute atomic E-state index is 10.9. The van der Waals surface area contributed by atoms with Gasteiger partial charge in [-0.2, -0.15) is 0 Å². The molecule has 0 heterocycles. The summed E-state index contributed by atoms with van der Waals surface area (Å²) in [6.07, 6.45) is 10.8. The summed E-state index contributed by atoms with van der Waals surface area (Å²) in [6, 6.07) is 0. The average molecular weight is 270 g/mol. The van der Waals surface area contributed by atoms with Crippen LogP contribution in [0.4, 0.5) is 0 Å². The van der Waals surface area contributed by atoms with E-state index in [0.717, 1.165) is 19.3 Å². The van der Waals surface area contributed by atoms with Gasteiger partial charge in [0.25, 0.3) is 0 Å². The van der Waals surface area contributed by atoms with Crippen molar-refractivity contribution in [3.05, 3.63) is 11.6 Å². The highest BCUT2D eigenvalue weighted by molar-refractivity contribution is 5.87. The fourth-order valence-corrected chi connectivity index (χ4v) is 1.96. The molecule has 0 aliphatic carbocycles. The lowest BCUT2D eigenvalue weighted by Crippen LogP contribution is -2.02. The van der Waals surface area contributed by atoms with E-state index in [2.05, 4.69) is 6.92 Å². The predicted molar refractivity (Wildman–Crippen MR) is 75.2 cm³/mol. The van der Waals surface area contributed by atoms with E-state index in [1.54, 1.807) is 0 Å². The zero-order valence-corrected chi connectivity index (χ0v) is 11.9. The molecule has 0 aliphatic rings. The second-order valence-electron chi connectivity index (χ2n) is 4.86. The molecule has 19 heavy (non-hydrogen) atoms. The van der Waals surface area contributed by atoms with Gasteiger partial charge in [-0.15, -0.1) is 0 Å². The van der Waals surface area contributed by atoms with Gasteiger partial charge in [0.15, 0.2) is 0 Å². The minimum atomic E-state index is -0.996. The summed E-state index contributed by atoms with van der Waals surface area (Å²) < 4.78 is 0. The molecule has 0 unspecified atom stereocenters. The molecule has 0 aromatic heterocycles. The standard InChI is InChI=1S/C15H26O4/c1-2-3-4-5-6-7-8-9-10-13(15(18)19)11-12-14(16)17/h11H,2-10,12H2,1H3,(H,16,17)(H,18,19). The van der Waals surface area contributed by atoms with Crippen LogP contribution in [0.15, 0.2) is 11.6 Å². The fraction of sp³-hybridized carbons (Fsp3) is 0.733. The number of hydrogen-bond donors (Lipinski definition) is 2. The largest absolute Gasteiger partial charge is 0.481 e. The van der Waals surface area contributed by atoms with Gasteiger partial charge in [0.05, 0.1) is 6.42 Å². The summed E-state index contributed by atoms with van der Waals surface area (Å²) in [7, 11) is 0. The van der Waals surface area contributed by atoms with Crippen molar-refractivity contribution in [2.24, 2.45) is 0 Å². The minimum absolute atomic E-state index is 0.210. The van der Waals surface area contributed by atoms with Crippen LogP contribution in [0, 0.1) is 0 Å². The molecule has 0 saturated carbocycles. The van der Waals surface area contributed by atoms with Crippen LogP contribution in [0.1, 0.15) is 71.1 Å². The van der Waals surface area contributed by atoms with Gasteiger partial charge >= 0.3 is 11.9 Å². The first kappa shape index (κ1) is 17.7. The Morgan fingerprint density at radius 3 is 1.89 bits per heavy atom. The molecule has 0 aromatic carbocycles. The predicted octanol–water partition coefficient (Wildman–Crippen LogP) is 4.00. The van der Waals surface area contributed by atoms with E-state index in [0.29, 0.717) is 6.42 Å². The Bertz CT molecular complexity index is 295. The van der Waals surface area contributed by atoms with Crippen molar-refractivity contribution in [1.82, 2.24) is 0 Å². The van der Waals surface area contributed by atoms with Crippen molar-refractivity contribution in [2.45, 2.75) is 71.1 Å². The first-order valence-corrected chi connectivity index (χ1v) is 7.22. The molecule has 0 rings (SSSR count). The van der Waals surface area contributed by atoms with Gasteiger partial charge in [0.1, 0.15) is 0 Å². The van der Waals surface area contributed by atoms with Gasteiger partial charge in [-0.25, -0.2) is 4.79 Å². The summed E-state index contributed by atoms with van der Waals surface area (Å²) in [5.74, 6) is -1.99. The third-order valence-electron chi connectivity index (χ3n) is 3.10. The van der Waals surface area contributed by atoms with Crippen molar-refractivity contribution in [3.63, 3.8) is 0 Å². The summed E-state index contributed by atoms with van der Waals surface area (Å²) >= 11 is 0. The number of aliphatic carboxylic acids is 2. The molecular weight excluding hydrogens is 244 g/mol. The van der Waals surface area contributed by atoms with Gasteiger partial charge in [-0.3, -0.25) is 4.79 Å². The Kier molecular flexibility index (Phi) is 10.9. The normalized spacial score (nSPS) is 11.5. The van der Waals surface area contributed by atoms with Crippen molar-refractivity contribution in [2.75, 3.05) is 0 Å². The summed E-state index contributed by atoms with van der Waals surface area (Å²) in [5, 5.41) is 17.4. The third kappa shape index (κ3) is 11.5. The molecular formula is C15H26O4. The van der Waals surface area contributed by atoms with Crippen LogP contribution >= 0.6 is 0 Å². The zero-order valence-electron chi connectivity index (χ0n) is 11.9. The van der Waals surface area contributed by atoms with Gasteiger partial charge in [0, 0.05) is 5.57 Å². The van der Waals surface area contributed by atoms with Crippen LogP contribution in [0.3, 0.4) is 0 Å². The summed E-state index contributed by atoms with van der Waals surface area (Å²) in [6.45, 7) is 2.19. The molecule has 2 N–H and O–H groups in total. The van der Waals surface area contributed by atoms with Crippen LogP contribution in [0.5, 0.6) is 0 Å². The van der Waals surface area contributed by atoms with E-state index >= 15 is 0 Å². The summed E-state index contributed by atoms with van der Waals surface area (Å²) in [5.41, 5.74) is 0.230. The maximum Gasteiger partial charge on any atom is 0.331 e. The molecule has 0 amide bonds. The topological polar surface area (TPSA) is 74.6 Å². The Hall–Kier alpha value is -1.32. The van der Waals surface area contributed by atoms with Crippen molar-refractivity contribution in [3.8, 4) is 0 Å². The molecule has 4 nitrogen and oxygen atoms in total. The Morgan fingerprint density at radius 2 is 1.42 bits per heavy atom. The van der Waals surface area contributed by atoms with Crippen LogP contribution in [0.25, 0.3) is 0 Å². The average Bonchev–Trinajstić information content (AvgIpc) is 2.35. The summed E-state index contributed by atoms with van der Waals surface area (Å²) in [4.78, 5) is 21.3. The van der Waals surface area contributed by atoms with E-state index in [9.17, 15) is 9.59 Å². The number of carboxylic acid groups (broad SMARTS) is 2. The van der Waals surface area contributed by atoms with E-state index in [-0.39, 0.29) is 12.0 Å². The van der Waals surface area contributed by atoms with Crippen molar-refractivity contribution >= 4 is 11.9 Å². The Morgan fingerprint density at radius 1 is 0.895 bits per heavy atom. The molecule has 0 spiro atoms. The highest BCUT2D eigenvalue weighted by Crippen LogP contribution is 2.13. The second-order valence-corrected chi connectivity index (χ2v) is 4.86. The molecule has 0 atom stereocenters. The quantitative estimate of drug-likeness (QED) is 0.415. The molecule has 0 aliphatic heterocycles. The first-order valence-electron chi connectivity index (χ1n) is 7.22. The SMILES string of the molecule is CCCCCCCCCCC(=CCC(=O)O)C(=O)O. The van der Waals surface area contributed by atoms with Gasteiger partial charge in [-0.05, 0) is 12.8 Å². The van der Waals surface area contributed by atoms with Crippen molar-refractivity contribution < 1.29 is 19.8 Å². The van der Waals surface area contributed by atoms with E-state index < -0.39 is 11.9 Å². The minimum Gasteiger partial charge on any atom is -0.481 e. The van der Waals surface area contributed by atoms with Gasteiger partial charge in [0.2, 0.25) is 0 Å². The highest BCUT2D eigenvalue weighted by atomic mass is 16.4. The third-order valence-corrected chi connectivity index (χ3v) is 3.10. The van der Waals surface area contributed by atoms with E-state index in [1.165, 1.54) is 38.2 Å². The molecule has 0 radical (unpaired) electrons. The fourth-order valence-electron chi connectivity index (χ4n) is 1.96. The van der Waals surface area contributed by atoms with Crippen LogP contribution in [0.2, 0.25) is 0 Å². The monoisotopic (exact) mass is 270 g/mol. The Labute approximate surface area is 115 Å². The van der Waals surface area contributed by atoms with Crippen LogP contribution in [-0.2, 0) is 9.59 Å². The molecule has 0 saturated heterocycles. The lowest BCUT2D eigenvalue weighted by Gasteiger charge is -2.03. The number of rotatable bonds is 12. The van der Waals surface area contributed by atoms with E-state index in [4.69, 9.17) is 10.2 Å². The number of carboxylic acids is 2. The molecule has 4 heteroatoms. The second kappa shape index (κ2) is 11.8. The number of hydrogen-bond acceptors (Lipinski definition) is 2. The van der Waals surface area contributed by atoms with Gasteiger partial charge < -0.3 is 10.2 Å². The Balaban J connectivity index is 3.68. The zero-order chi connectivity index (χ0) is 14.5. The van der Waals surface area contributed by atoms with Crippen LogP contribution in [-0.4, -0.2) is 22.2 Å². The smallest absolute Gasteiger partial charge is 0.331 e. The van der Waals surface area contributed by atoms with Crippen LogP contribution < -0.4 is 0 Å². The van der Waals surface area contributed by atoms with E-state index in [1.807, 2.05) is 0 Å². The number of carbonyl (C=O) groups is 2. The number of unbranched alkanes of at least 4 members (excludes halogenated alkanes) is 7. The lowest BCUT2D eigenvalue weighted by atomic mass is 10.0. The highest BCUT2D eigenvalue weighted by Gasteiger charge is 2.07. The molecule has 110 valence electrons. The molecule has 0 fully saturated rings.